The summed E-state index contributed by atoms with van der Waals surface area (Å²) < 4.78 is 13.6. The van der Waals surface area contributed by atoms with Crippen molar-refractivity contribution in [3.05, 3.63) is 71.8 Å². The second-order valence-electron chi connectivity index (χ2n) is 5.85. The number of carboxylic acids is 3. The van der Waals surface area contributed by atoms with Gasteiger partial charge in [-0.1, -0.05) is 36.4 Å². The summed E-state index contributed by atoms with van der Waals surface area (Å²) in [7, 11) is 1.30. The first-order valence-corrected chi connectivity index (χ1v) is 8.81. The molecule has 3 N–H and O–H groups in total. The fraction of sp³-hybridized carbons (Fsp3) is 0.190. The Morgan fingerprint density at radius 1 is 0.794 bits per heavy atom. The van der Waals surface area contributed by atoms with Crippen molar-refractivity contribution in [3.63, 3.8) is 0 Å². The van der Waals surface area contributed by atoms with Crippen molar-refractivity contribution in [3.8, 4) is 0 Å². The number of carbonyl (C=O) groups is 5. The van der Waals surface area contributed by atoms with E-state index in [1.165, 1.54) is 55.6 Å². The van der Waals surface area contributed by atoms with Crippen LogP contribution < -0.4 is 10.2 Å². The van der Waals surface area contributed by atoms with Crippen LogP contribution in [0.3, 0.4) is 0 Å². The summed E-state index contributed by atoms with van der Waals surface area (Å²) >= 11 is 0. The zero-order chi connectivity index (χ0) is 24.1. The third-order valence-corrected chi connectivity index (χ3v) is 3.50. The summed E-state index contributed by atoms with van der Waals surface area (Å²) in [6.07, 6.45) is -4.60. The van der Waals surface area contributed by atoms with Crippen LogP contribution in [-0.4, -0.2) is 104 Å². The zero-order valence-electron chi connectivity index (χ0n) is 17.9. The Kier molecular flexibility index (Phi) is 17.0. The van der Waals surface area contributed by atoms with Crippen molar-refractivity contribution in [2.24, 2.45) is 0 Å². The van der Waals surface area contributed by atoms with E-state index in [0.29, 0.717) is 0 Å². The molecule has 0 saturated carbocycles. The number of carboxylic acid groups (broad SMARTS) is 3. The molecule has 0 saturated heterocycles. The number of hydrogen-bond acceptors (Lipinski definition) is 10. The van der Waals surface area contributed by atoms with Gasteiger partial charge >= 0.3 is 55.6 Å². The number of ether oxygens (including phenoxy) is 3. The summed E-state index contributed by atoms with van der Waals surface area (Å²) in [6, 6.07) is 14.7. The zero-order valence-corrected chi connectivity index (χ0v) is 20.1. The molecule has 13 heteroatoms. The topological polar surface area (TPSA) is 211 Å². The van der Waals surface area contributed by atoms with Crippen LogP contribution in [0.1, 0.15) is 20.7 Å². The summed E-state index contributed by atoms with van der Waals surface area (Å²) in [4.78, 5) is 56.0. The Morgan fingerprint density at radius 3 is 1.44 bits per heavy atom. The Morgan fingerprint density at radius 2 is 1.18 bits per heavy atom. The average Bonchev–Trinajstić information content (AvgIpc) is 2.77. The third-order valence-electron chi connectivity index (χ3n) is 3.50. The molecule has 0 unspecified atom stereocenters. The fourth-order valence-electron chi connectivity index (χ4n) is 2.11. The summed E-state index contributed by atoms with van der Waals surface area (Å²) in [5.41, 5.74) is 0.00232. The number of esters is 2. The quantitative estimate of drug-likeness (QED) is 0.277. The molecule has 0 spiro atoms. The summed E-state index contributed by atoms with van der Waals surface area (Å²) in [5.74, 6) is -7.17. The first-order valence-electron chi connectivity index (χ1n) is 8.81. The van der Waals surface area contributed by atoms with Crippen LogP contribution in [0.15, 0.2) is 60.7 Å². The van der Waals surface area contributed by atoms with Gasteiger partial charge in [-0.15, -0.1) is 0 Å². The molecule has 0 radical (unpaired) electrons. The number of benzene rings is 2. The van der Waals surface area contributed by atoms with Gasteiger partial charge in [0.15, 0.2) is 6.10 Å². The Bertz CT molecular complexity index is 864. The van der Waals surface area contributed by atoms with E-state index in [9.17, 15) is 39.3 Å². The maximum Gasteiger partial charge on any atom is 2.00 e. The number of rotatable bonds is 9. The number of hydrogen-bond donors (Lipinski definition) is 1. The molecule has 0 bridgehead atoms. The number of carbonyl (C=O) groups excluding carboxylic acids is 4. The Balaban J connectivity index is 0. The largest absolute Gasteiger partial charge is 2.00 e. The molecule has 0 aliphatic carbocycles. The molecule has 2 atom stereocenters. The van der Waals surface area contributed by atoms with Crippen molar-refractivity contribution < 1.29 is 59.0 Å². The van der Waals surface area contributed by atoms with Crippen LogP contribution in [0.25, 0.3) is 0 Å². The van der Waals surface area contributed by atoms with E-state index in [-0.39, 0.29) is 60.9 Å². The van der Waals surface area contributed by atoms with Gasteiger partial charge < -0.3 is 44.6 Å². The Hall–Kier alpha value is -3.03. The van der Waals surface area contributed by atoms with Crippen LogP contribution in [-0.2, 0) is 28.6 Å². The van der Waals surface area contributed by atoms with E-state index >= 15 is 0 Å². The van der Waals surface area contributed by atoms with Gasteiger partial charge in [0.2, 0.25) is 6.10 Å². The second-order valence-corrected chi connectivity index (χ2v) is 5.85. The predicted octanol–water partition coefficient (Wildman–Crippen LogP) is -2.55. The predicted molar refractivity (Wildman–Crippen MR) is 110 cm³/mol. The van der Waals surface area contributed by atoms with Crippen LogP contribution in [0.4, 0.5) is 0 Å². The monoisotopic (exact) mass is 504 g/mol. The maximum absolute atomic E-state index is 12.0. The minimum Gasteiger partial charge on any atom is -0.548 e. The average molecular weight is 504 g/mol. The molecule has 0 aromatic heterocycles. The molecular formula is C21H20CaO12. The number of aliphatic carboxylic acids is 3. The van der Waals surface area contributed by atoms with Crippen molar-refractivity contribution >= 4 is 67.6 Å². The standard InChI is InChI=1S/C18H14O8.C3H6O3.Ca.H2O/c19-15(20)13(25-17(23)11-7-3-1-4-8-11)14(16(21)22)26-18(24)12-9-5-2-6-10-12;1-6-2-3(4)5;;/h1-10,13-14H,(H,19,20)(H,21,22);2H2,1H3,(H,4,5);;1H2/q;;+2;/p-2/t13-,14-;;;/m1.../s1. The molecule has 12 nitrogen and oxygen atoms in total. The minimum absolute atomic E-state index is 0. The van der Waals surface area contributed by atoms with E-state index in [1.807, 2.05) is 0 Å². The molecule has 178 valence electrons. The summed E-state index contributed by atoms with van der Waals surface area (Å²) in [5, 5.41) is 29.9. The van der Waals surface area contributed by atoms with Gasteiger partial charge in [-0.2, -0.15) is 0 Å². The SMILES string of the molecule is COCC(=O)[O-].O.O=C(O[C@@H](C(=O)[O-])[C@@H](OC(=O)c1ccccc1)C(=O)O)c1ccccc1.[Ca+2]. The van der Waals surface area contributed by atoms with Crippen LogP contribution in [0.2, 0.25) is 0 Å². The fourth-order valence-corrected chi connectivity index (χ4v) is 2.11. The van der Waals surface area contributed by atoms with E-state index < -0.39 is 42.1 Å². The molecule has 2 aromatic carbocycles. The normalized spacial score (nSPS) is 11.0. The molecular weight excluding hydrogens is 484 g/mol. The first-order chi connectivity index (χ1) is 15.2. The van der Waals surface area contributed by atoms with Gasteiger partial charge in [0.25, 0.3) is 0 Å². The smallest absolute Gasteiger partial charge is 0.548 e. The van der Waals surface area contributed by atoms with Gasteiger partial charge in [0, 0.05) is 7.11 Å². The van der Waals surface area contributed by atoms with Gasteiger partial charge in [-0.3, -0.25) is 0 Å². The molecule has 0 fully saturated rings. The Labute approximate surface area is 223 Å². The molecule has 2 rings (SSSR count). The van der Waals surface area contributed by atoms with Crippen molar-refractivity contribution in [2.45, 2.75) is 12.2 Å². The van der Waals surface area contributed by atoms with Gasteiger partial charge in [-0.05, 0) is 24.3 Å². The molecule has 0 aliphatic rings. The molecule has 0 amide bonds. The van der Waals surface area contributed by atoms with Crippen molar-refractivity contribution in [2.75, 3.05) is 13.7 Å². The molecule has 2 aromatic rings. The third kappa shape index (κ3) is 11.7. The van der Waals surface area contributed by atoms with Gasteiger partial charge in [-0.25, -0.2) is 14.4 Å². The van der Waals surface area contributed by atoms with Gasteiger partial charge in [0.1, 0.15) is 0 Å². The minimum atomic E-state index is -2.33. The summed E-state index contributed by atoms with van der Waals surface area (Å²) in [6.45, 7) is -0.319. The van der Waals surface area contributed by atoms with E-state index in [4.69, 9.17) is 9.47 Å². The van der Waals surface area contributed by atoms with Crippen LogP contribution >= 0.6 is 0 Å². The molecule has 0 aliphatic heterocycles. The van der Waals surface area contributed by atoms with Crippen LogP contribution in [0.5, 0.6) is 0 Å². The maximum atomic E-state index is 12.0. The van der Waals surface area contributed by atoms with Gasteiger partial charge in [0.05, 0.1) is 29.7 Å². The van der Waals surface area contributed by atoms with E-state index in [1.54, 1.807) is 12.1 Å². The van der Waals surface area contributed by atoms with E-state index in [0.717, 1.165) is 0 Å². The number of methoxy groups -OCH3 is 1. The first kappa shape index (κ1) is 33.1. The van der Waals surface area contributed by atoms with Crippen molar-refractivity contribution in [1.82, 2.24) is 0 Å². The van der Waals surface area contributed by atoms with E-state index in [2.05, 4.69) is 4.74 Å². The van der Waals surface area contributed by atoms with Crippen LogP contribution in [0, 0.1) is 0 Å². The van der Waals surface area contributed by atoms with Crippen molar-refractivity contribution in [1.29, 1.82) is 0 Å². The molecule has 0 heterocycles. The molecule has 34 heavy (non-hydrogen) atoms. The second kappa shape index (κ2) is 17.4.